The Morgan fingerprint density at radius 2 is 1.93 bits per heavy atom. The zero-order valence-corrected chi connectivity index (χ0v) is 16.1. The average Bonchev–Trinajstić information content (AvgIpc) is 3.16. The standard InChI is InChI=1S/C20H19F2N3O2S/c1-12(14-5-8-16(21)17(22)9-14)23-10-19(26)25-20-24-18(11-28-20)13-3-6-15(27-2)7-4-13/h3-9,11-12,23H,10H2,1-2H3,(H,24,25,26)/t12-/m0/s1. The molecule has 1 atom stereocenters. The lowest BCUT2D eigenvalue weighted by atomic mass is 10.1. The Balaban J connectivity index is 1.54. The molecule has 0 fully saturated rings. The zero-order valence-electron chi connectivity index (χ0n) is 15.3. The summed E-state index contributed by atoms with van der Waals surface area (Å²) in [4.78, 5) is 16.6. The predicted octanol–water partition coefficient (Wildman–Crippen LogP) is 4.39. The van der Waals surface area contributed by atoms with Gasteiger partial charge in [0.25, 0.3) is 0 Å². The lowest BCUT2D eigenvalue weighted by Crippen LogP contribution is -2.30. The number of thiazole rings is 1. The Kier molecular flexibility index (Phi) is 6.33. The van der Waals surface area contributed by atoms with Gasteiger partial charge in [0.15, 0.2) is 16.8 Å². The van der Waals surface area contributed by atoms with E-state index in [-0.39, 0.29) is 18.5 Å². The summed E-state index contributed by atoms with van der Waals surface area (Å²) < 4.78 is 31.5. The van der Waals surface area contributed by atoms with Gasteiger partial charge in [0, 0.05) is 17.0 Å². The number of rotatable bonds is 7. The first-order valence-electron chi connectivity index (χ1n) is 8.54. The van der Waals surface area contributed by atoms with Crippen LogP contribution >= 0.6 is 11.3 Å². The molecule has 0 aliphatic heterocycles. The SMILES string of the molecule is COc1ccc(-c2csc(NC(=O)CN[C@@H](C)c3ccc(F)c(F)c3)n2)cc1. The van der Waals surface area contributed by atoms with Gasteiger partial charge in [-0.25, -0.2) is 13.8 Å². The molecule has 0 bridgehead atoms. The maximum Gasteiger partial charge on any atom is 0.240 e. The van der Waals surface area contributed by atoms with Crippen LogP contribution in [-0.2, 0) is 4.79 Å². The fraction of sp³-hybridized carbons (Fsp3) is 0.200. The molecule has 1 aromatic heterocycles. The molecule has 2 aromatic carbocycles. The summed E-state index contributed by atoms with van der Waals surface area (Å²) in [7, 11) is 1.60. The molecule has 5 nitrogen and oxygen atoms in total. The summed E-state index contributed by atoms with van der Waals surface area (Å²) in [6, 6.07) is 10.8. The largest absolute Gasteiger partial charge is 0.497 e. The van der Waals surface area contributed by atoms with Crippen molar-refractivity contribution in [3.63, 3.8) is 0 Å². The molecule has 146 valence electrons. The van der Waals surface area contributed by atoms with Gasteiger partial charge in [-0.3, -0.25) is 4.79 Å². The van der Waals surface area contributed by atoms with Crippen LogP contribution in [0.1, 0.15) is 18.5 Å². The van der Waals surface area contributed by atoms with Gasteiger partial charge < -0.3 is 15.4 Å². The monoisotopic (exact) mass is 403 g/mol. The van der Waals surface area contributed by atoms with Crippen LogP contribution in [0.15, 0.2) is 47.8 Å². The van der Waals surface area contributed by atoms with Crippen molar-refractivity contribution in [2.75, 3.05) is 19.0 Å². The topological polar surface area (TPSA) is 63.2 Å². The molecule has 3 rings (SSSR count). The number of hydrogen-bond acceptors (Lipinski definition) is 5. The number of hydrogen-bond donors (Lipinski definition) is 2. The molecule has 0 aliphatic carbocycles. The number of aromatic nitrogens is 1. The summed E-state index contributed by atoms with van der Waals surface area (Å²) in [6.07, 6.45) is 0. The van der Waals surface area contributed by atoms with Crippen LogP contribution in [0.2, 0.25) is 0 Å². The summed E-state index contributed by atoms with van der Waals surface area (Å²) in [5.41, 5.74) is 2.23. The fourth-order valence-corrected chi connectivity index (χ4v) is 3.27. The van der Waals surface area contributed by atoms with Crippen LogP contribution in [0.4, 0.5) is 13.9 Å². The Hall–Kier alpha value is -2.84. The number of anilines is 1. The highest BCUT2D eigenvalue weighted by Crippen LogP contribution is 2.26. The fourth-order valence-electron chi connectivity index (χ4n) is 2.53. The van der Waals surface area contributed by atoms with E-state index in [2.05, 4.69) is 15.6 Å². The number of carbonyl (C=O) groups excluding carboxylic acids is 1. The summed E-state index contributed by atoms with van der Waals surface area (Å²) in [6.45, 7) is 1.78. The normalized spacial score (nSPS) is 11.9. The van der Waals surface area contributed by atoms with E-state index in [1.165, 1.54) is 17.4 Å². The molecule has 8 heteroatoms. The number of amides is 1. The van der Waals surface area contributed by atoms with Crippen LogP contribution in [0.3, 0.4) is 0 Å². The quantitative estimate of drug-likeness (QED) is 0.614. The molecule has 0 saturated carbocycles. The third kappa shape index (κ3) is 4.90. The van der Waals surface area contributed by atoms with Crippen molar-refractivity contribution in [3.05, 3.63) is 65.0 Å². The van der Waals surface area contributed by atoms with Crippen LogP contribution in [0, 0.1) is 11.6 Å². The zero-order chi connectivity index (χ0) is 20.1. The van der Waals surface area contributed by atoms with E-state index in [0.717, 1.165) is 29.1 Å². The summed E-state index contributed by atoms with van der Waals surface area (Å²) >= 11 is 1.32. The van der Waals surface area contributed by atoms with Crippen molar-refractivity contribution in [2.45, 2.75) is 13.0 Å². The number of ether oxygens (including phenoxy) is 1. The van der Waals surface area contributed by atoms with E-state index < -0.39 is 11.6 Å². The molecular formula is C20H19F2N3O2S. The van der Waals surface area contributed by atoms with Crippen molar-refractivity contribution < 1.29 is 18.3 Å². The smallest absolute Gasteiger partial charge is 0.240 e. The summed E-state index contributed by atoms with van der Waals surface area (Å²) in [5.74, 6) is -1.33. The van der Waals surface area contributed by atoms with Gasteiger partial charge in [0.2, 0.25) is 5.91 Å². The molecular weight excluding hydrogens is 384 g/mol. The number of halogens is 2. The predicted molar refractivity (Wildman–Crippen MR) is 106 cm³/mol. The molecule has 2 N–H and O–H groups in total. The van der Waals surface area contributed by atoms with Crippen molar-refractivity contribution in [1.29, 1.82) is 0 Å². The third-order valence-electron chi connectivity index (χ3n) is 4.15. The molecule has 0 radical (unpaired) electrons. The van der Waals surface area contributed by atoms with Gasteiger partial charge in [0.05, 0.1) is 19.3 Å². The van der Waals surface area contributed by atoms with Gasteiger partial charge in [-0.1, -0.05) is 6.07 Å². The van der Waals surface area contributed by atoms with Crippen LogP contribution in [-0.4, -0.2) is 24.5 Å². The lowest BCUT2D eigenvalue weighted by molar-refractivity contribution is -0.115. The van der Waals surface area contributed by atoms with E-state index in [1.807, 2.05) is 29.6 Å². The van der Waals surface area contributed by atoms with E-state index in [9.17, 15) is 13.6 Å². The second-order valence-corrected chi connectivity index (χ2v) is 6.95. The molecule has 1 amide bonds. The minimum absolute atomic E-state index is 0.0115. The molecule has 0 spiro atoms. The van der Waals surface area contributed by atoms with Crippen molar-refractivity contribution >= 4 is 22.4 Å². The second kappa shape index (κ2) is 8.90. The van der Waals surface area contributed by atoms with Crippen LogP contribution in [0.25, 0.3) is 11.3 Å². The number of benzene rings is 2. The Morgan fingerprint density at radius 3 is 2.61 bits per heavy atom. The van der Waals surface area contributed by atoms with Gasteiger partial charge in [-0.15, -0.1) is 11.3 Å². The number of methoxy groups -OCH3 is 1. The lowest BCUT2D eigenvalue weighted by Gasteiger charge is -2.14. The Morgan fingerprint density at radius 1 is 1.18 bits per heavy atom. The highest BCUT2D eigenvalue weighted by atomic mass is 32.1. The Bertz CT molecular complexity index is 960. The molecule has 1 heterocycles. The van der Waals surface area contributed by atoms with E-state index in [4.69, 9.17) is 4.74 Å². The maximum absolute atomic E-state index is 13.3. The second-order valence-electron chi connectivity index (χ2n) is 6.09. The minimum atomic E-state index is -0.913. The molecule has 0 saturated heterocycles. The Labute approximate surface area is 165 Å². The van der Waals surface area contributed by atoms with Gasteiger partial charge >= 0.3 is 0 Å². The van der Waals surface area contributed by atoms with Crippen LogP contribution in [0.5, 0.6) is 5.75 Å². The maximum atomic E-state index is 13.3. The first-order chi connectivity index (χ1) is 13.5. The van der Waals surface area contributed by atoms with E-state index in [1.54, 1.807) is 14.0 Å². The number of nitrogens with zero attached hydrogens (tertiary/aromatic N) is 1. The van der Waals surface area contributed by atoms with E-state index >= 15 is 0 Å². The van der Waals surface area contributed by atoms with Crippen molar-refractivity contribution in [1.82, 2.24) is 10.3 Å². The molecule has 3 aromatic rings. The number of carbonyl (C=O) groups is 1. The minimum Gasteiger partial charge on any atom is -0.497 e. The average molecular weight is 403 g/mol. The molecule has 0 unspecified atom stereocenters. The van der Waals surface area contributed by atoms with Gasteiger partial charge in [-0.05, 0) is 48.9 Å². The first-order valence-corrected chi connectivity index (χ1v) is 9.42. The van der Waals surface area contributed by atoms with Crippen molar-refractivity contribution in [3.8, 4) is 17.0 Å². The first kappa shape index (κ1) is 19.9. The van der Waals surface area contributed by atoms with E-state index in [0.29, 0.717) is 10.7 Å². The summed E-state index contributed by atoms with van der Waals surface area (Å²) in [5, 5.41) is 8.05. The van der Waals surface area contributed by atoms with Crippen molar-refractivity contribution in [2.24, 2.45) is 0 Å². The van der Waals surface area contributed by atoms with Gasteiger partial charge in [0.1, 0.15) is 5.75 Å². The number of nitrogens with one attached hydrogen (secondary N) is 2. The molecule has 0 aliphatic rings. The highest BCUT2D eigenvalue weighted by Gasteiger charge is 2.12. The highest BCUT2D eigenvalue weighted by molar-refractivity contribution is 7.14. The van der Waals surface area contributed by atoms with Gasteiger partial charge in [-0.2, -0.15) is 0 Å². The van der Waals surface area contributed by atoms with Crippen LogP contribution < -0.4 is 15.4 Å². The molecule has 28 heavy (non-hydrogen) atoms. The third-order valence-corrected chi connectivity index (χ3v) is 4.91.